The predicted octanol–water partition coefficient (Wildman–Crippen LogP) is -6.44. The molecule has 0 radical (unpaired) electrons. The van der Waals surface area contributed by atoms with Gasteiger partial charge in [-0.25, -0.2) is 0 Å². The van der Waals surface area contributed by atoms with Gasteiger partial charge in [0.2, 0.25) is 0 Å². The van der Waals surface area contributed by atoms with Crippen molar-refractivity contribution in [3.63, 3.8) is 0 Å². The number of aliphatic carboxylic acids is 2. The summed E-state index contributed by atoms with van der Waals surface area (Å²) in [7, 11) is 0. The molecule has 74 valence electrons. The van der Waals surface area contributed by atoms with Gasteiger partial charge in [0.25, 0.3) is 0 Å². The van der Waals surface area contributed by atoms with Gasteiger partial charge in [0.1, 0.15) is 12.2 Å². The standard InChI is InChI=1S/C4H6O6.2H2O/c5-1(3(7)8)2(6)4(9)10;;/h1-2,5-6H,(H,7,8)(H,9,10);2*1H2/p-2. The number of hydrogen-bond acceptors (Lipinski definition) is 6. The molecule has 2 unspecified atom stereocenters. The zero-order valence-corrected chi connectivity index (χ0v) is 5.68. The number of hydrogen-bond donors (Lipinski definition) is 2. The van der Waals surface area contributed by atoms with Gasteiger partial charge < -0.3 is 41.0 Å². The van der Waals surface area contributed by atoms with Gasteiger partial charge in [-0.2, -0.15) is 0 Å². The van der Waals surface area contributed by atoms with E-state index in [0.29, 0.717) is 0 Å². The molecule has 0 spiro atoms. The molecule has 8 heteroatoms. The van der Waals surface area contributed by atoms with Gasteiger partial charge in [0.05, 0.1) is 11.9 Å². The maximum absolute atomic E-state index is 9.63. The van der Waals surface area contributed by atoms with Crippen LogP contribution in [-0.2, 0) is 9.59 Å². The molecule has 0 fully saturated rings. The van der Waals surface area contributed by atoms with Gasteiger partial charge in [-0.05, 0) is 0 Å². The van der Waals surface area contributed by atoms with E-state index in [2.05, 4.69) is 0 Å². The molecule has 12 heavy (non-hydrogen) atoms. The van der Waals surface area contributed by atoms with Gasteiger partial charge >= 0.3 is 0 Å². The Morgan fingerprint density at radius 2 is 1.08 bits per heavy atom. The monoisotopic (exact) mass is 184 g/mol. The summed E-state index contributed by atoms with van der Waals surface area (Å²) < 4.78 is 0. The lowest BCUT2D eigenvalue weighted by Crippen LogP contribution is -2.51. The summed E-state index contributed by atoms with van der Waals surface area (Å²) in [5.74, 6) is -4.12. The number of aliphatic hydroxyl groups excluding tert-OH is 2. The topological polar surface area (TPSA) is 184 Å². The zero-order chi connectivity index (χ0) is 8.31. The second kappa shape index (κ2) is 6.49. The van der Waals surface area contributed by atoms with Crippen LogP contribution in [0.15, 0.2) is 0 Å². The number of rotatable bonds is 3. The fraction of sp³-hybridized carbons (Fsp3) is 0.500. The number of aliphatic hydroxyl groups is 2. The Kier molecular flexibility index (Phi) is 9.21. The second-order valence-corrected chi connectivity index (χ2v) is 1.53. The molecular formula is C4H8O8-2. The van der Waals surface area contributed by atoms with E-state index < -0.39 is 24.1 Å². The predicted molar refractivity (Wildman–Crippen MR) is 29.3 cm³/mol. The Labute approximate surface area is 66.3 Å². The van der Waals surface area contributed by atoms with E-state index in [-0.39, 0.29) is 11.0 Å². The average Bonchev–Trinajstić information content (AvgIpc) is 1.84. The van der Waals surface area contributed by atoms with Crippen molar-refractivity contribution in [2.24, 2.45) is 0 Å². The first kappa shape index (κ1) is 17.0. The molecule has 0 aromatic rings. The maximum atomic E-state index is 9.63. The second-order valence-electron chi connectivity index (χ2n) is 1.53. The van der Waals surface area contributed by atoms with E-state index >= 15 is 0 Å². The fourth-order valence-corrected chi connectivity index (χ4v) is 0.258. The quantitative estimate of drug-likeness (QED) is 0.439. The minimum atomic E-state index is -2.44. The Balaban J connectivity index is -0.000000405. The first-order valence-electron chi connectivity index (χ1n) is 2.24. The number of carboxylic acids is 2. The summed E-state index contributed by atoms with van der Waals surface area (Å²) in [4.78, 5) is 19.3. The first-order valence-corrected chi connectivity index (χ1v) is 2.24. The Morgan fingerprint density at radius 1 is 0.917 bits per heavy atom. The van der Waals surface area contributed by atoms with Crippen molar-refractivity contribution in [1.29, 1.82) is 0 Å². The van der Waals surface area contributed by atoms with E-state index in [1.807, 2.05) is 0 Å². The minimum absolute atomic E-state index is 0. The van der Waals surface area contributed by atoms with Crippen LogP contribution in [0.2, 0.25) is 0 Å². The van der Waals surface area contributed by atoms with Crippen molar-refractivity contribution in [3.8, 4) is 0 Å². The summed E-state index contributed by atoms with van der Waals surface area (Å²) in [6.07, 6.45) is -4.88. The van der Waals surface area contributed by atoms with Crippen LogP contribution in [0.25, 0.3) is 0 Å². The molecule has 0 bridgehead atoms. The van der Waals surface area contributed by atoms with Crippen LogP contribution >= 0.6 is 0 Å². The summed E-state index contributed by atoms with van der Waals surface area (Å²) in [5, 5.41) is 35.7. The Hall–Kier alpha value is -1.22. The summed E-state index contributed by atoms with van der Waals surface area (Å²) >= 11 is 0. The SMILES string of the molecule is O.O.O=C([O-])C(O)C(O)C(=O)[O-]. The zero-order valence-electron chi connectivity index (χ0n) is 5.68. The van der Waals surface area contributed by atoms with Crippen LogP contribution in [0.4, 0.5) is 0 Å². The molecule has 0 heterocycles. The third kappa shape index (κ3) is 4.57. The smallest absolute Gasteiger partial charge is 0.124 e. The average molecular weight is 184 g/mol. The normalized spacial score (nSPS) is 13.2. The van der Waals surface area contributed by atoms with E-state index in [0.717, 1.165) is 0 Å². The molecule has 0 amide bonds. The molecule has 0 rings (SSSR count). The maximum Gasteiger partial charge on any atom is 0.124 e. The summed E-state index contributed by atoms with van der Waals surface area (Å²) in [6.45, 7) is 0. The fourth-order valence-electron chi connectivity index (χ4n) is 0.258. The minimum Gasteiger partial charge on any atom is -0.547 e. The van der Waals surface area contributed by atoms with Gasteiger partial charge in [-0.3, -0.25) is 0 Å². The van der Waals surface area contributed by atoms with Crippen LogP contribution in [0.3, 0.4) is 0 Å². The third-order valence-electron chi connectivity index (χ3n) is 0.782. The lowest BCUT2D eigenvalue weighted by molar-refractivity contribution is -0.333. The van der Waals surface area contributed by atoms with Crippen molar-refractivity contribution in [2.75, 3.05) is 0 Å². The highest BCUT2D eigenvalue weighted by Gasteiger charge is 2.17. The first-order chi connectivity index (χ1) is 4.46. The van der Waals surface area contributed by atoms with Crippen molar-refractivity contribution < 1.29 is 41.0 Å². The highest BCUT2D eigenvalue weighted by Crippen LogP contribution is 1.88. The van der Waals surface area contributed by atoms with Gasteiger partial charge in [0, 0.05) is 0 Å². The molecule has 0 saturated heterocycles. The molecule has 0 aliphatic heterocycles. The molecule has 0 saturated carbocycles. The molecule has 0 aromatic heterocycles. The van der Waals surface area contributed by atoms with Crippen LogP contribution < -0.4 is 10.2 Å². The number of carboxylic acid groups (broad SMARTS) is 2. The number of carbonyl (C=O) groups excluding carboxylic acids is 2. The van der Waals surface area contributed by atoms with E-state index in [4.69, 9.17) is 10.2 Å². The highest BCUT2D eigenvalue weighted by atomic mass is 16.4. The van der Waals surface area contributed by atoms with Crippen molar-refractivity contribution >= 4 is 11.9 Å². The summed E-state index contributed by atoms with van der Waals surface area (Å²) in [6, 6.07) is 0. The third-order valence-corrected chi connectivity index (χ3v) is 0.782. The van der Waals surface area contributed by atoms with E-state index in [1.54, 1.807) is 0 Å². The van der Waals surface area contributed by atoms with Gasteiger partial charge in [-0.1, -0.05) is 0 Å². The number of carbonyl (C=O) groups is 2. The molecule has 0 aliphatic carbocycles. The lowest BCUT2D eigenvalue weighted by Gasteiger charge is -2.18. The summed E-state index contributed by atoms with van der Waals surface area (Å²) in [5.41, 5.74) is 0. The van der Waals surface area contributed by atoms with Crippen molar-refractivity contribution in [3.05, 3.63) is 0 Å². The lowest BCUT2D eigenvalue weighted by atomic mass is 10.2. The molecule has 0 aliphatic rings. The van der Waals surface area contributed by atoms with E-state index in [1.165, 1.54) is 0 Å². The largest absolute Gasteiger partial charge is 0.547 e. The molecule has 6 N–H and O–H groups in total. The van der Waals surface area contributed by atoms with E-state index in [9.17, 15) is 19.8 Å². The molecule has 2 atom stereocenters. The Morgan fingerprint density at radius 3 is 1.17 bits per heavy atom. The molecule has 8 nitrogen and oxygen atoms in total. The van der Waals surface area contributed by atoms with Crippen molar-refractivity contribution in [2.45, 2.75) is 12.2 Å². The van der Waals surface area contributed by atoms with Crippen molar-refractivity contribution in [1.82, 2.24) is 0 Å². The van der Waals surface area contributed by atoms with Crippen LogP contribution in [0, 0.1) is 0 Å². The van der Waals surface area contributed by atoms with Gasteiger partial charge in [0.15, 0.2) is 0 Å². The van der Waals surface area contributed by atoms with Crippen LogP contribution in [-0.4, -0.2) is 45.3 Å². The highest BCUT2D eigenvalue weighted by molar-refractivity contribution is 5.80. The van der Waals surface area contributed by atoms with Crippen LogP contribution in [0.5, 0.6) is 0 Å². The molecular weight excluding hydrogens is 176 g/mol. The van der Waals surface area contributed by atoms with Gasteiger partial charge in [-0.15, -0.1) is 0 Å². The molecule has 0 aromatic carbocycles. The van der Waals surface area contributed by atoms with Crippen LogP contribution in [0.1, 0.15) is 0 Å². The Bertz CT molecular complexity index is 135.